The fourth-order valence-corrected chi connectivity index (χ4v) is 1.49. The fraction of sp³-hybridized carbons (Fsp3) is 0.917. The molecular weight excluding hydrogens is 204 g/mol. The Morgan fingerprint density at radius 3 is 2.00 bits per heavy atom. The van der Waals surface area contributed by atoms with Crippen molar-refractivity contribution in [2.75, 3.05) is 7.05 Å². The van der Waals surface area contributed by atoms with Gasteiger partial charge < -0.3 is 15.4 Å². The summed E-state index contributed by atoms with van der Waals surface area (Å²) in [5.41, 5.74) is -0.450. The van der Waals surface area contributed by atoms with Gasteiger partial charge in [0, 0.05) is 12.1 Å². The number of hydrogen-bond donors (Lipinski definition) is 2. The van der Waals surface area contributed by atoms with E-state index in [4.69, 9.17) is 4.74 Å². The van der Waals surface area contributed by atoms with Crippen LogP contribution in [0.4, 0.5) is 4.79 Å². The highest BCUT2D eigenvalue weighted by molar-refractivity contribution is 5.68. The van der Waals surface area contributed by atoms with Gasteiger partial charge in [0.1, 0.15) is 5.60 Å². The Morgan fingerprint density at radius 2 is 1.69 bits per heavy atom. The van der Waals surface area contributed by atoms with Crippen molar-refractivity contribution in [1.29, 1.82) is 0 Å². The molecule has 0 saturated carbocycles. The Kier molecular flexibility index (Phi) is 5.79. The second kappa shape index (κ2) is 6.09. The molecule has 0 saturated heterocycles. The molecule has 0 aromatic carbocycles. The average Bonchev–Trinajstić information content (AvgIpc) is 2.09. The van der Waals surface area contributed by atoms with Crippen molar-refractivity contribution in [2.45, 2.75) is 59.2 Å². The van der Waals surface area contributed by atoms with E-state index in [1.54, 1.807) is 0 Å². The van der Waals surface area contributed by atoms with E-state index in [1.165, 1.54) is 0 Å². The molecule has 1 amide bonds. The van der Waals surface area contributed by atoms with Crippen LogP contribution in [0.15, 0.2) is 0 Å². The van der Waals surface area contributed by atoms with Crippen LogP contribution in [0.1, 0.15) is 41.5 Å². The maximum absolute atomic E-state index is 11.6. The Balaban J connectivity index is 4.36. The molecule has 0 rings (SSSR count). The first-order valence-corrected chi connectivity index (χ1v) is 5.84. The van der Waals surface area contributed by atoms with Gasteiger partial charge in [-0.1, -0.05) is 13.8 Å². The minimum atomic E-state index is -0.450. The summed E-state index contributed by atoms with van der Waals surface area (Å²) in [6.07, 6.45) is -0.353. The molecule has 0 radical (unpaired) electrons. The molecule has 0 bridgehead atoms. The first-order valence-electron chi connectivity index (χ1n) is 5.84. The van der Waals surface area contributed by atoms with E-state index in [2.05, 4.69) is 24.5 Å². The van der Waals surface area contributed by atoms with Crippen molar-refractivity contribution in [1.82, 2.24) is 10.6 Å². The minimum Gasteiger partial charge on any atom is -0.444 e. The number of alkyl carbamates (subject to hydrolysis) is 1. The number of amides is 1. The summed E-state index contributed by atoms with van der Waals surface area (Å²) < 4.78 is 5.24. The molecule has 0 aliphatic rings. The summed E-state index contributed by atoms with van der Waals surface area (Å²) in [5, 5.41) is 6.04. The van der Waals surface area contributed by atoms with Gasteiger partial charge in [0.15, 0.2) is 0 Å². The van der Waals surface area contributed by atoms with Gasteiger partial charge >= 0.3 is 6.09 Å². The van der Waals surface area contributed by atoms with E-state index in [-0.39, 0.29) is 18.2 Å². The Labute approximate surface area is 99.1 Å². The number of carbonyl (C=O) groups excluding carboxylic acids is 1. The maximum atomic E-state index is 11.6. The Bertz CT molecular complexity index is 222. The highest BCUT2D eigenvalue weighted by Gasteiger charge is 2.24. The third-order valence-electron chi connectivity index (χ3n) is 2.40. The predicted molar refractivity (Wildman–Crippen MR) is 66.5 cm³/mol. The lowest BCUT2D eigenvalue weighted by Gasteiger charge is -2.29. The first kappa shape index (κ1) is 15.2. The number of ether oxygens (including phenoxy) is 1. The first-order chi connectivity index (χ1) is 7.17. The molecule has 0 aliphatic carbocycles. The van der Waals surface area contributed by atoms with E-state index in [0.29, 0.717) is 5.92 Å². The molecule has 2 N–H and O–H groups in total. The van der Waals surface area contributed by atoms with Crippen LogP contribution < -0.4 is 10.6 Å². The molecule has 0 aliphatic heterocycles. The molecule has 96 valence electrons. The standard InChI is InChI=1S/C12H26N2O2/c1-8(2)10(9(3)13-7)14-11(15)16-12(4,5)6/h8-10,13H,1-7H3,(H,14,15)/t9-,10-/m0/s1. The number of hydrogen-bond acceptors (Lipinski definition) is 3. The molecule has 4 heteroatoms. The van der Waals surface area contributed by atoms with Crippen LogP contribution in [0.3, 0.4) is 0 Å². The van der Waals surface area contributed by atoms with E-state index in [0.717, 1.165) is 0 Å². The Morgan fingerprint density at radius 1 is 1.19 bits per heavy atom. The number of likely N-dealkylation sites (N-methyl/N-ethyl adjacent to an activating group) is 1. The van der Waals surface area contributed by atoms with Crippen LogP contribution in [0.2, 0.25) is 0 Å². The van der Waals surface area contributed by atoms with Gasteiger partial charge in [-0.25, -0.2) is 4.79 Å². The summed E-state index contributed by atoms with van der Waals surface area (Å²) in [6.45, 7) is 11.8. The van der Waals surface area contributed by atoms with E-state index < -0.39 is 5.60 Å². The van der Waals surface area contributed by atoms with Gasteiger partial charge in [-0.3, -0.25) is 0 Å². The van der Waals surface area contributed by atoms with Crippen LogP contribution in [-0.4, -0.2) is 30.8 Å². The number of carbonyl (C=O) groups is 1. The largest absolute Gasteiger partial charge is 0.444 e. The predicted octanol–water partition coefficient (Wildman–Crippen LogP) is 2.14. The van der Waals surface area contributed by atoms with Crippen molar-refractivity contribution < 1.29 is 9.53 Å². The zero-order chi connectivity index (χ0) is 12.9. The maximum Gasteiger partial charge on any atom is 0.407 e. The third kappa shape index (κ3) is 5.95. The lowest BCUT2D eigenvalue weighted by Crippen LogP contribution is -2.51. The highest BCUT2D eigenvalue weighted by atomic mass is 16.6. The summed E-state index contributed by atoms with van der Waals surface area (Å²) >= 11 is 0. The SMILES string of the molecule is CN[C@@H](C)[C@@H](NC(=O)OC(C)(C)C)C(C)C. The summed E-state index contributed by atoms with van der Waals surface area (Å²) in [4.78, 5) is 11.6. The molecular formula is C12H26N2O2. The topological polar surface area (TPSA) is 50.4 Å². The van der Waals surface area contributed by atoms with Crippen molar-refractivity contribution in [3.8, 4) is 0 Å². The van der Waals surface area contributed by atoms with Crippen LogP contribution >= 0.6 is 0 Å². The lowest BCUT2D eigenvalue weighted by molar-refractivity contribution is 0.0478. The van der Waals surface area contributed by atoms with Gasteiger partial charge in [-0.05, 0) is 40.7 Å². The third-order valence-corrected chi connectivity index (χ3v) is 2.40. The van der Waals surface area contributed by atoms with Crippen molar-refractivity contribution in [2.24, 2.45) is 5.92 Å². The van der Waals surface area contributed by atoms with Gasteiger partial charge in [0.2, 0.25) is 0 Å². The smallest absolute Gasteiger partial charge is 0.407 e. The highest BCUT2D eigenvalue weighted by Crippen LogP contribution is 2.10. The van der Waals surface area contributed by atoms with Crippen molar-refractivity contribution >= 4 is 6.09 Å². The van der Waals surface area contributed by atoms with E-state index in [9.17, 15) is 4.79 Å². The van der Waals surface area contributed by atoms with Gasteiger partial charge in [0.05, 0.1) is 0 Å². The minimum absolute atomic E-state index is 0.0693. The number of nitrogens with one attached hydrogen (secondary N) is 2. The van der Waals surface area contributed by atoms with Gasteiger partial charge in [-0.15, -0.1) is 0 Å². The van der Waals surface area contributed by atoms with Gasteiger partial charge in [-0.2, -0.15) is 0 Å². The molecule has 0 unspecified atom stereocenters. The van der Waals surface area contributed by atoms with Crippen molar-refractivity contribution in [3.63, 3.8) is 0 Å². The average molecular weight is 230 g/mol. The van der Waals surface area contributed by atoms with Gasteiger partial charge in [0.25, 0.3) is 0 Å². The van der Waals surface area contributed by atoms with Crippen LogP contribution in [-0.2, 0) is 4.74 Å². The Hall–Kier alpha value is -0.770. The van der Waals surface area contributed by atoms with Crippen LogP contribution in [0.25, 0.3) is 0 Å². The van der Waals surface area contributed by atoms with Crippen molar-refractivity contribution in [3.05, 3.63) is 0 Å². The molecule has 0 fully saturated rings. The molecule has 4 nitrogen and oxygen atoms in total. The monoisotopic (exact) mass is 230 g/mol. The normalized spacial score (nSPS) is 15.8. The second-order valence-corrected chi connectivity index (χ2v) is 5.49. The van der Waals surface area contributed by atoms with Crippen LogP contribution in [0, 0.1) is 5.92 Å². The second-order valence-electron chi connectivity index (χ2n) is 5.49. The molecule has 16 heavy (non-hydrogen) atoms. The molecule has 0 heterocycles. The molecule has 0 spiro atoms. The summed E-state index contributed by atoms with van der Waals surface area (Å²) in [5.74, 6) is 0.356. The summed E-state index contributed by atoms with van der Waals surface area (Å²) in [7, 11) is 1.89. The molecule has 2 atom stereocenters. The fourth-order valence-electron chi connectivity index (χ4n) is 1.49. The molecule has 0 aromatic rings. The zero-order valence-electron chi connectivity index (χ0n) is 11.5. The van der Waals surface area contributed by atoms with Crippen LogP contribution in [0.5, 0.6) is 0 Å². The lowest BCUT2D eigenvalue weighted by atomic mass is 9.98. The quantitative estimate of drug-likeness (QED) is 0.778. The zero-order valence-corrected chi connectivity index (χ0v) is 11.5. The molecule has 0 aromatic heterocycles. The van der Waals surface area contributed by atoms with E-state index in [1.807, 2.05) is 34.7 Å². The van der Waals surface area contributed by atoms with E-state index >= 15 is 0 Å². The summed E-state index contributed by atoms with van der Waals surface area (Å²) in [6, 6.07) is 0.285. The number of rotatable bonds is 4.